The van der Waals surface area contributed by atoms with Gasteiger partial charge in [0, 0.05) is 5.41 Å². The highest BCUT2D eigenvalue weighted by Crippen LogP contribution is 2.30. The van der Waals surface area contributed by atoms with Crippen LogP contribution in [0.2, 0.25) is 0 Å². The molecule has 0 aliphatic carbocycles. The molecular formula is C10H18O4. The number of hydrogen-bond donors (Lipinski definition) is 1. The predicted molar refractivity (Wildman–Crippen MR) is 50.1 cm³/mol. The molecule has 2 rings (SSSR count). The van der Waals surface area contributed by atoms with E-state index in [1.807, 2.05) is 0 Å². The largest absolute Gasteiger partial charge is 0.396 e. The Hall–Kier alpha value is -0.160. The first-order chi connectivity index (χ1) is 6.68. The minimum Gasteiger partial charge on any atom is -0.396 e. The van der Waals surface area contributed by atoms with Crippen LogP contribution in [0.5, 0.6) is 0 Å². The second-order valence-electron chi connectivity index (χ2n) is 4.95. The maximum Gasteiger partial charge on any atom is 0.0635 e. The molecule has 14 heavy (non-hydrogen) atoms. The molecule has 0 spiro atoms. The van der Waals surface area contributed by atoms with Crippen molar-refractivity contribution in [1.82, 2.24) is 0 Å². The fraction of sp³-hybridized carbons (Fsp3) is 1.00. The Balaban J connectivity index is 1.66. The molecule has 0 aromatic carbocycles. The van der Waals surface area contributed by atoms with E-state index in [-0.39, 0.29) is 17.4 Å². The molecule has 0 amide bonds. The van der Waals surface area contributed by atoms with E-state index in [0.29, 0.717) is 19.8 Å². The van der Waals surface area contributed by atoms with Crippen LogP contribution < -0.4 is 0 Å². The summed E-state index contributed by atoms with van der Waals surface area (Å²) in [6.45, 7) is 6.44. The lowest BCUT2D eigenvalue weighted by Crippen LogP contribution is -2.51. The maximum absolute atomic E-state index is 9.15. The average Bonchev–Trinajstić information content (AvgIpc) is 2.07. The van der Waals surface area contributed by atoms with Crippen LogP contribution in [0.25, 0.3) is 0 Å². The molecule has 82 valence electrons. The van der Waals surface area contributed by atoms with Gasteiger partial charge in [0.2, 0.25) is 0 Å². The van der Waals surface area contributed by atoms with Crippen molar-refractivity contribution in [1.29, 1.82) is 0 Å². The van der Waals surface area contributed by atoms with Crippen LogP contribution in [0.15, 0.2) is 0 Å². The van der Waals surface area contributed by atoms with Crippen molar-refractivity contribution in [2.24, 2.45) is 10.8 Å². The highest BCUT2D eigenvalue weighted by Gasteiger charge is 2.40. The fourth-order valence-corrected chi connectivity index (χ4v) is 1.66. The molecule has 2 aliphatic rings. The molecule has 0 saturated carbocycles. The highest BCUT2D eigenvalue weighted by molar-refractivity contribution is 4.86. The summed E-state index contributed by atoms with van der Waals surface area (Å²) in [6, 6.07) is 0. The Kier molecular flexibility index (Phi) is 2.79. The third kappa shape index (κ3) is 1.93. The summed E-state index contributed by atoms with van der Waals surface area (Å²) in [4.78, 5) is 0. The van der Waals surface area contributed by atoms with Crippen molar-refractivity contribution in [2.75, 3.05) is 46.2 Å². The smallest absolute Gasteiger partial charge is 0.0635 e. The third-order valence-corrected chi connectivity index (χ3v) is 2.91. The number of hydrogen-bond acceptors (Lipinski definition) is 4. The minimum absolute atomic E-state index is 0.124. The Morgan fingerprint density at radius 3 is 2.14 bits per heavy atom. The zero-order chi connectivity index (χ0) is 10.1. The van der Waals surface area contributed by atoms with Gasteiger partial charge in [0.15, 0.2) is 0 Å². The summed E-state index contributed by atoms with van der Waals surface area (Å²) in [5, 5.41) is 9.15. The minimum atomic E-state index is -0.124. The predicted octanol–water partition coefficient (Wildman–Crippen LogP) is 0.0484. The van der Waals surface area contributed by atoms with Gasteiger partial charge < -0.3 is 19.3 Å². The molecule has 0 radical (unpaired) electrons. The molecule has 2 saturated heterocycles. The lowest BCUT2D eigenvalue weighted by molar-refractivity contribution is -0.192. The Morgan fingerprint density at radius 1 is 1.14 bits per heavy atom. The lowest BCUT2D eigenvalue weighted by atomic mass is 9.87. The van der Waals surface area contributed by atoms with Crippen LogP contribution in [0, 0.1) is 10.8 Å². The summed E-state index contributed by atoms with van der Waals surface area (Å²) in [5.41, 5.74) is 0.0716. The van der Waals surface area contributed by atoms with Gasteiger partial charge in [0.1, 0.15) is 0 Å². The summed E-state index contributed by atoms with van der Waals surface area (Å²) >= 11 is 0. The van der Waals surface area contributed by atoms with E-state index in [0.717, 1.165) is 19.8 Å². The van der Waals surface area contributed by atoms with Crippen molar-refractivity contribution < 1.29 is 19.3 Å². The van der Waals surface area contributed by atoms with Crippen LogP contribution in [0.4, 0.5) is 0 Å². The van der Waals surface area contributed by atoms with Crippen molar-refractivity contribution >= 4 is 0 Å². The van der Waals surface area contributed by atoms with E-state index >= 15 is 0 Å². The van der Waals surface area contributed by atoms with E-state index in [1.165, 1.54) is 0 Å². The molecule has 2 heterocycles. The molecule has 1 N–H and O–H groups in total. The van der Waals surface area contributed by atoms with Crippen molar-refractivity contribution in [3.05, 3.63) is 0 Å². The van der Waals surface area contributed by atoms with Gasteiger partial charge in [-0.05, 0) is 0 Å². The van der Waals surface area contributed by atoms with Gasteiger partial charge in [0.25, 0.3) is 0 Å². The molecule has 0 unspecified atom stereocenters. The highest BCUT2D eigenvalue weighted by atomic mass is 16.5. The number of ether oxygens (including phenoxy) is 3. The topological polar surface area (TPSA) is 47.9 Å². The Morgan fingerprint density at radius 2 is 1.79 bits per heavy atom. The van der Waals surface area contributed by atoms with Gasteiger partial charge in [-0.2, -0.15) is 0 Å². The van der Waals surface area contributed by atoms with Crippen LogP contribution >= 0.6 is 0 Å². The van der Waals surface area contributed by atoms with Gasteiger partial charge >= 0.3 is 0 Å². The SMILES string of the molecule is CC1(COCC2(CO)COC2)COC1. The normalized spacial score (nSPS) is 27.9. The molecule has 0 aromatic heterocycles. The van der Waals surface area contributed by atoms with E-state index in [4.69, 9.17) is 19.3 Å². The molecule has 4 heteroatoms. The van der Waals surface area contributed by atoms with Crippen LogP contribution in [-0.2, 0) is 14.2 Å². The molecule has 0 atom stereocenters. The van der Waals surface area contributed by atoms with E-state index in [9.17, 15) is 0 Å². The quantitative estimate of drug-likeness (QED) is 0.684. The van der Waals surface area contributed by atoms with Crippen molar-refractivity contribution in [3.63, 3.8) is 0 Å². The van der Waals surface area contributed by atoms with Gasteiger partial charge in [0.05, 0.1) is 51.7 Å². The van der Waals surface area contributed by atoms with Gasteiger partial charge in [-0.25, -0.2) is 0 Å². The van der Waals surface area contributed by atoms with Crippen LogP contribution in [0.1, 0.15) is 6.92 Å². The van der Waals surface area contributed by atoms with E-state index in [2.05, 4.69) is 6.92 Å². The summed E-state index contributed by atoms with van der Waals surface area (Å²) in [7, 11) is 0. The second kappa shape index (κ2) is 3.77. The van der Waals surface area contributed by atoms with E-state index < -0.39 is 0 Å². The lowest BCUT2D eigenvalue weighted by Gasteiger charge is -2.42. The van der Waals surface area contributed by atoms with Gasteiger partial charge in [-0.15, -0.1) is 0 Å². The van der Waals surface area contributed by atoms with Crippen molar-refractivity contribution in [2.45, 2.75) is 6.92 Å². The first kappa shape index (κ1) is 10.4. The van der Waals surface area contributed by atoms with Crippen LogP contribution in [-0.4, -0.2) is 51.4 Å². The first-order valence-electron chi connectivity index (χ1n) is 5.02. The maximum atomic E-state index is 9.15. The van der Waals surface area contributed by atoms with Crippen LogP contribution in [0.3, 0.4) is 0 Å². The molecular weight excluding hydrogens is 184 g/mol. The third-order valence-electron chi connectivity index (χ3n) is 2.91. The molecule has 0 aromatic rings. The van der Waals surface area contributed by atoms with E-state index in [1.54, 1.807) is 0 Å². The number of aliphatic hydroxyl groups is 1. The molecule has 2 aliphatic heterocycles. The summed E-state index contributed by atoms with van der Waals surface area (Å²) < 4.78 is 15.8. The molecule has 0 bridgehead atoms. The summed E-state index contributed by atoms with van der Waals surface area (Å²) in [5.74, 6) is 0. The summed E-state index contributed by atoms with van der Waals surface area (Å²) in [6.07, 6.45) is 0. The second-order valence-corrected chi connectivity index (χ2v) is 4.95. The fourth-order valence-electron chi connectivity index (χ4n) is 1.66. The molecule has 2 fully saturated rings. The molecule has 4 nitrogen and oxygen atoms in total. The number of aliphatic hydroxyl groups excluding tert-OH is 1. The average molecular weight is 202 g/mol. The van der Waals surface area contributed by atoms with Gasteiger partial charge in [-0.3, -0.25) is 0 Å². The number of rotatable bonds is 5. The zero-order valence-corrected chi connectivity index (χ0v) is 8.62. The van der Waals surface area contributed by atoms with Gasteiger partial charge in [-0.1, -0.05) is 6.92 Å². The zero-order valence-electron chi connectivity index (χ0n) is 8.62. The Bertz CT molecular complexity index is 191. The monoisotopic (exact) mass is 202 g/mol. The first-order valence-corrected chi connectivity index (χ1v) is 5.02. The standard InChI is InChI=1S/C10H18O4/c1-9(3-12-4-9)5-13-6-10(2-11)7-14-8-10/h11H,2-8H2,1H3. The Labute approximate surface area is 84.1 Å². The van der Waals surface area contributed by atoms with Crippen molar-refractivity contribution in [3.8, 4) is 0 Å².